The molecule has 0 bridgehead atoms. The van der Waals surface area contributed by atoms with Crippen molar-refractivity contribution in [2.45, 2.75) is 19.3 Å². The van der Waals surface area contributed by atoms with Crippen molar-refractivity contribution in [3.05, 3.63) is 87.9 Å². The van der Waals surface area contributed by atoms with Gasteiger partial charge in [0.2, 0.25) is 0 Å². The number of rotatable bonds is 4. The molecule has 3 aromatic carbocycles. The van der Waals surface area contributed by atoms with Crippen molar-refractivity contribution in [3.8, 4) is 11.1 Å². The average molecular weight is 418 g/mol. The van der Waals surface area contributed by atoms with Crippen molar-refractivity contribution >= 4 is 28.1 Å². The lowest BCUT2D eigenvalue weighted by Gasteiger charge is -2.10. The molecule has 0 saturated heterocycles. The van der Waals surface area contributed by atoms with Crippen LogP contribution in [0.4, 0.5) is 0 Å². The Bertz CT molecular complexity index is 1180. The second-order valence-electron chi connectivity index (χ2n) is 7.36. The molecule has 1 aliphatic rings. The predicted octanol–water partition coefficient (Wildman–Crippen LogP) is 6.00. The van der Waals surface area contributed by atoms with Gasteiger partial charge in [0.05, 0.1) is 17.2 Å². The number of benzene rings is 3. The van der Waals surface area contributed by atoms with Gasteiger partial charge < -0.3 is 9.84 Å². The minimum atomic E-state index is -0.847. The lowest BCUT2D eigenvalue weighted by atomic mass is 9.94. The number of aromatic carboxylic acids is 1. The monoisotopic (exact) mass is 417 g/mol. The molecular weight excluding hydrogens is 394 g/mol. The number of hydrogen-bond donors (Lipinski definition) is 1. The fraction of sp³-hybridized carbons (Fsp3) is 0.200. The van der Waals surface area contributed by atoms with Gasteiger partial charge in [-0.05, 0) is 45.5 Å². The van der Waals surface area contributed by atoms with Gasteiger partial charge in [0.15, 0.2) is 0 Å². The molecule has 5 rings (SSSR count). The van der Waals surface area contributed by atoms with Gasteiger partial charge in [-0.2, -0.15) is 0 Å². The minimum Gasteiger partial charge on any atom is -0.478 e. The van der Waals surface area contributed by atoms with Crippen LogP contribution in [-0.4, -0.2) is 29.8 Å². The summed E-state index contributed by atoms with van der Waals surface area (Å²) in [4.78, 5) is 15.7. The van der Waals surface area contributed by atoms with Crippen LogP contribution in [0.1, 0.15) is 39.3 Å². The van der Waals surface area contributed by atoms with E-state index in [0.29, 0.717) is 17.9 Å². The van der Waals surface area contributed by atoms with Gasteiger partial charge in [-0.3, -0.25) is 0 Å². The molecule has 1 aliphatic carbocycles. The smallest absolute Gasteiger partial charge is 0.336 e. The summed E-state index contributed by atoms with van der Waals surface area (Å²) in [5.41, 5.74) is 4.84. The van der Waals surface area contributed by atoms with Crippen molar-refractivity contribution in [1.82, 2.24) is 4.98 Å². The summed E-state index contributed by atoms with van der Waals surface area (Å²) in [5.74, 6) is -0.412. The summed E-state index contributed by atoms with van der Waals surface area (Å²) in [5, 5.41) is 14.8. The van der Waals surface area contributed by atoms with Crippen molar-refractivity contribution in [2.24, 2.45) is 0 Å². The molecule has 0 aliphatic heterocycles. The molecule has 1 unspecified atom stereocenters. The summed E-state index contributed by atoms with van der Waals surface area (Å²) in [7, 11) is 1.71. The average Bonchev–Trinajstić information content (AvgIpc) is 3.42. The third-order valence-electron chi connectivity index (χ3n) is 5.33. The van der Waals surface area contributed by atoms with E-state index in [4.69, 9.17) is 4.74 Å². The number of aromatic nitrogens is 1. The van der Waals surface area contributed by atoms with E-state index in [-0.39, 0.29) is 0 Å². The fourth-order valence-corrected chi connectivity index (χ4v) is 4.66. The van der Waals surface area contributed by atoms with Gasteiger partial charge in [-0.25, -0.2) is 9.78 Å². The molecule has 1 atom stereocenters. The van der Waals surface area contributed by atoms with Crippen LogP contribution < -0.4 is 0 Å². The first-order valence-electron chi connectivity index (χ1n) is 9.84. The highest BCUT2D eigenvalue weighted by atomic mass is 32.1. The van der Waals surface area contributed by atoms with Crippen LogP contribution in [0.2, 0.25) is 0 Å². The highest BCUT2D eigenvalue weighted by Crippen LogP contribution is 2.43. The van der Waals surface area contributed by atoms with Crippen LogP contribution in [0.5, 0.6) is 0 Å². The lowest BCUT2D eigenvalue weighted by molar-refractivity contribution is 0.0696. The molecule has 1 heterocycles. The molecule has 0 saturated carbocycles. The second kappa shape index (κ2) is 8.78. The number of thiazole rings is 1. The Morgan fingerprint density at radius 3 is 2.70 bits per heavy atom. The van der Waals surface area contributed by atoms with E-state index in [0.717, 1.165) is 33.5 Å². The van der Waals surface area contributed by atoms with Gasteiger partial charge in [0, 0.05) is 24.6 Å². The first-order chi connectivity index (χ1) is 14.6. The first-order valence-corrected chi connectivity index (χ1v) is 10.7. The number of carboxylic acid groups (broad SMARTS) is 1. The van der Waals surface area contributed by atoms with Crippen LogP contribution in [0.25, 0.3) is 21.9 Å². The lowest BCUT2D eigenvalue weighted by Crippen LogP contribution is -2.02. The van der Waals surface area contributed by atoms with Crippen LogP contribution in [0, 0.1) is 0 Å². The maximum Gasteiger partial charge on any atom is 0.336 e. The van der Waals surface area contributed by atoms with Gasteiger partial charge in [0.25, 0.3) is 0 Å². The Hall–Kier alpha value is -3.02. The summed E-state index contributed by atoms with van der Waals surface area (Å²) < 4.78 is 4.99. The van der Waals surface area contributed by atoms with Gasteiger partial charge in [-0.1, -0.05) is 55.5 Å². The zero-order chi connectivity index (χ0) is 21.1. The van der Waals surface area contributed by atoms with Gasteiger partial charge in [-0.15, -0.1) is 11.3 Å². The topological polar surface area (TPSA) is 59.4 Å². The van der Waals surface area contributed by atoms with Crippen molar-refractivity contribution in [2.75, 3.05) is 13.7 Å². The number of carboxylic acids is 1. The summed E-state index contributed by atoms with van der Waals surface area (Å²) in [6.45, 7) is 2.87. The number of nitrogens with zero attached hydrogens (tertiary/aromatic N) is 1. The van der Waals surface area contributed by atoms with E-state index < -0.39 is 5.97 Å². The van der Waals surface area contributed by atoms with E-state index in [1.807, 2.05) is 41.9 Å². The van der Waals surface area contributed by atoms with E-state index in [9.17, 15) is 9.90 Å². The summed E-state index contributed by atoms with van der Waals surface area (Å²) in [6.07, 6.45) is 2.53. The molecule has 4 aromatic rings. The Morgan fingerprint density at radius 1 is 1.20 bits per heavy atom. The highest BCUT2D eigenvalue weighted by molar-refractivity contribution is 7.09. The molecule has 5 heteroatoms. The fourth-order valence-electron chi connectivity index (χ4n) is 3.98. The summed E-state index contributed by atoms with van der Waals surface area (Å²) in [6, 6.07) is 18.0. The van der Waals surface area contributed by atoms with Gasteiger partial charge >= 0.3 is 5.97 Å². The van der Waals surface area contributed by atoms with Crippen LogP contribution >= 0.6 is 11.3 Å². The van der Waals surface area contributed by atoms with Crippen LogP contribution in [-0.2, 0) is 11.2 Å². The van der Waals surface area contributed by atoms with Gasteiger partial charge in [0.1, 0.15) is 0 Å². The van der Waals surface area contributed by atoms with E-state index in [2.05, 4.69) is 30.1 Å². The number of ether oxygens (including phenoxy) is 1. The Balaban J connectivity index is 0.000000185. The van der Waals surface area contributed by atoms with Crippen molar-refractivity contribution in [3.63, 3.8) is 0 Å². The maximum absolute atomic E-state index is 11.6. The van der Waals surface area contributed by atoms with Crippen LogP contribution in [0.15, 0.2) is 66.2 Å². The number of fused-ring (bicyclic) bond motifs is 5. The van der Waals surface area contributed by atoms with E-state index >= 15 is 0 Å². The largest absolute Gasteiger partial charge is 0.478 e. The third kappa shape index (κ3) is 3.86. The first kappa shape index (κ1) is 20.3. The molecule has 0 amide bonds. The molecule has 1 N–H and O–H groups in total. The van der Waals surface area contributed by atoms with Crippen molar-refractivity contribution < 1.29 is 14.6 Å². The second-order valence-corrected chi connectivity index (χ2v) is 8.29. The molecule has 0 spiro atoms. The standard InChI is InChI=1S/C18H12O2.C7H11NOS/c19-18(20)16-10-12-6-2-4-8-14(12)17-13-7-3-1-5-11(13)9-15(16)17;1-6(5-9-2)7-8-3-4-10-7/h1-8,10H,9H2,(H,19,20);3-4,6H,5H2,1-2H3. The maximum atomic E-state index is 11.6. The highest BCUT2D eigenvalue weighted by Gasteiger charge is 2.25. The number of carbonyl (C=O) groups is 1. The molecule has 0 fully saturated rings. The Morgan fingerprint density at radius 2 is 1.97 bits per heavy atom. The zero-order valence-electron chi connectivity index (χ0n) is 17.0. The normalized spacial score (nSPS) is 12.6. The zero-order valence-corrected chi connectivity index (χ0v) is 17.8. The molecular formula is C25H23NO3S. The minimum absolute atomic E-state index is 0.426. The van der Waals surface area contributed by atoms with Crippen LogP contribution in [0.3, 0.4) is 0 Å². The van der Waals surface area contributed by atoms with Crippen molar-refractivity contribution in [1.29, 1.82) is 0 Å². The molecule has 1 aromatic heterocycles. The van der Waals surface area contributed by atoms with E-state index in [1.165, 1.54) is 11.1 Å². The Labute approximate surface area is 179 Å². The molecule has 152 valence electrons. The molecule has 0 radical (unpaired) electrons. The number of hydrogen-bond acceptors (Lipinski definition) is 4. The quantitative estimate of drug-likeness (QED) is 0.389. The number of methoxy groups -OCH3 is 1. The summed E-state index contributed by atoms with van der Waals surface area (Å²) >= 11 is 1.68. The van der Waals surface area contributed by atoms with E-state index in [1.54, 1.807) is 24.5 Å². The Kier molecular flexibility index (Phi) is 5.93. The molecule has 4 nitrogen and oxygen atoms in total. The predicted molar refractivity (Wildman–Crippen MR) is 122 cm³/mol. The third-order valence-corrected chi connectivity index (χ3v) is 6.34. The SMILES string of the molecule is COCC(C)c1nccs1.O=C(O)c1cc2ccccc2c2c1Cc1ccccc1-2. The molecule has 30 heavy (non-hydrogen) atoms.